The molecule has 4 aromatic carbocycles. The molecule has 0 amide bonds. The number of aryl methyl sites for hydroxylation is 2. The third kappa shape index (κ3) is 8.64. The highest BCUT2D eigenvalue weighted by Crippen LogP contribution is 2.30. The lowest BCUT2D eigenvalue weighted by atomic mass is 10.0. The van der Waals surface area contributed by atoms with Crippen LogP contribution in [0.4, 0.5) is 27.1 Å². The molecule has 0 aliphatic heterocycles. The van der Waals surface area contributed by atoms with Gasteiger partial charge in [-0.05, 0) is 64.1 Å². The maximum absolute atomic E-state index is 13.8. The molecule has 0 radical (unpaired) electrons. The summed E-state index contributed by atoms with van der Waals surface area (Å²) in [4.78, 5) is 62.2. The molecule has 14 heteroatoms. The predicted octanol–water partition coefficient (Wildman–Crippen LogP) is 7.46. The van der Waals surface area contributed by atoms with Crippen molar-refractivity contribution in [1.82, 2.24) is 19.6 Å². The van der Waals surface area contributed by atoms with Gasteiger partial charge < -0.3 is 15.7 Å². The van der Waals surface area contributed by atoms with Gasteiger partial charge in [-0.2, -0.15) is 15.5 Å². The molecule has 0 unspecified atom stereocenters. The third-order valence-electron chi connectivity index (χ3n) is 8.44. The van der Waals surface area contributed by atoms with E-state index in [-0.39, 0.29) is 57.3 Å². The minimum Gasteiger partial charge on any atom is -0.478 e. The Labute approximate surface area is 320 Å². The number of benzene rings is 4. The van der Waals surface area contributed by atoms with E-state index in [9.17, 15) is 33.5 Å². The smallest absolute Gasteiger partial charge is 0.337 e. The van der Waals surface area contributed by atoms with Crippen molar-refractivity contribution in [2.24, 2.45) is 0 Å². The Hall–Kier alpha value is -7.53. The van der Waals surface area contributed by atoms with Crippen LogP contribution in [0.1, 0.15) is 64.3 Å². The van der Waals surface area contributed by atoms with Crippen LogP contribution in [0.3, 0.4) is 0 Å². The van der Waals surface area contributed by atoms with Crippen LogP contribution in [0.25, 0.3) is 22.5 Å². The molecule has 2 aromatic heterocycles. The number of carboxylic acids is 1. The summed E-state index contributed by atoms with van der Waals surface area (Å²) < 4.78 is 16.3. The molecule has 2 heterocycles. The zero-order valence-corrected chi connectivity index (χ0v) is 30.8. The second-order valence-electron chi connectivity index (χ2n) is 12.2. The summed E-state index contributed by atoms with van der Waals surface area (Å²) in [5.41, 5.74) is 1.98. The summed E-state index contributed by atoms with van der Waals surface area (Å²) in [7, 11) is 0. The standard InChI is InChI=1S/C21H18FN3O4.C21H18N4O2/c1-3-25-20(27)19(23-16-11-14(22)9-10-15(16)21(28)29)17(12(2)26)18(24-25)13-7-5-4-6-8-13;1-3-25-21(27)20(23-17-11-7-8-15(12-17)13-22)18(14(2)26)19(24-25)16-9-5-4-6-10-16/h4-11,23H,3H2,1-2H3,(H,28,29);4-12,23H,3H2,1-2H3. The van der Waals surface area contributed by atoms with Crippen LogP contribution in [0.15, 0.2) is 113 Å². The van der Waals surface area contributed by atoms with Gasteiger partial charge in [0.1, 0.15) is 28.6 Å². The molecule has 0 atom stereocenters. The number of halogens is 1. The molecule has 0 bridgehead atoms. The SMILES string of the molecule is CCn1nc(-c2ccccc2)c(C(C)=O)c(Nc2cc(F)ccc2C(=O)O)c1=O.CCn1nc(-c2ccccc2)c(C(C)=O)c(Nc2cccc(C#N)c2)c1=O. The number of nitrogens with zero attached hydrogens (tertiary/aromatic N) is 5. The van der Waals surface area contributed by atoms with E-state index in [1.807, 2.05) is 37.3 Å². The van der Waals surface area contributed by atoms with E-state index in [0.29, 0.717) is 29.1 Å². The van der Waals surface area contributed by atoms with E-state index in [0.717, 1.165) is 28.4 Å². The number of nitrogens with one attached hydrogen (secondary N) is 2. The van der Waals surface area contributed by atoms with E-state index in [1.54, 1.807) is 61.5 Å². The van der Waals surface area contributed by atoms with Gasteiger partial charge in [-0.1, -0.05) is 66.7 Å². The van der Waals surface area contributed by atoms with Crippen LogP contribution in [-0.2, 0) is 13.1 Å². The Bertz CT molecular complexity index is 2620. The molecule has 6 rings (SSSR count). The van der Waals surface area contributed by atoms with Gasteiger partial charge in [-0.15, -0.1) is 0 Å². The van der Waals surface area contributed by atoms with Crippen molar-refractivity contribution >= 4 is 40.3 Å². The van der Waals surface area contributed by atoms with E-state index >= 15 is 0 Å². The number of anilines is 4. The van der Waals surface area contributed by atoms with Gasteiger partial charge in [0.05, 0.1) is 34.0 Å². The highest BCUT2D eigenvalue weighted by molar-refractivity contribution is 6.06. The van der Waals surface area contributed by atoms with Crippen LogP contribution < -0.4 is 21.8 Å². The first-order valence-electron chi connectivity index (χ1n) is 17.4. The van der Waals surface area contributed by atoms with Crippen molar-refractivity contribution in [2.75, 3.05) is 10.6 Å². The summed E-state index contributed by atoms with van der Waals surface area (Å²) in [6.07, 6.45) is 0. The number of hydrogen-bond acceptors (Lipinski definition) is 10. The van der Waals surface area contributed by atoms with Crippen LogP contribution in [0.5, 0.6) is 0 Å². The molecule has 0 fully saturated rings. The minimum absolute atomic E-state index is 0.00602. The van der Waals surface area contributed by atoms with Crippen molar-refractivity contribution in [3.05, 3.63) is 152 Å². The lowest BCUT2D eigenvalue weighted by molar-refractivity contribution is 0.0697. The van der Waals surface area contributed by atoms with Gasteiger partial charge in [-0.3, -0.25) is 19.2 Å². The van der Waals surface area contributed by atoms with E-state index in [4.69, 9.17) is 5.26 Å². The maximum Gasteiger partial charge on any atom is 0.337 e. The quantitative estimate of drug-likeness (QED) is 0.111. The zero-order chi connectivity index (χ0) is 40.5. The van der Waals surface area contributed by atoms with Crippen molar-refractivity contribution in [2.45, 2.75) is 40.8 Å². The summed E-state index contributed by atoms with van der Waals surface area (Å²) >= 11 is 0. The fraction of sp³-hybridized carbons (Fsp3) is 0.143. The number of ketones is 2. The molecule has 282 valence electrons. The summed E-state index contributed by atoms with van der Waals surface area (Å²) in [5.74, 6) is -2.69. The van der Waals surface area contributed by atoms with Gasteiger partial charge in [-0.25, -0.2) is 18.5 Å². The van der Waals surface area contributed by atoms with Crippen LogP contribution >= 0.6 is 0 Å². The molecule has 56 heavy (non-hydrogen) atoms. The van der Waals surface area contributed by atoms with E-state index < -0.39 is 23.1 Å². The first-order chi connectivity index (χ1) is 26.9. The molecule has 6 aromatic rings. The lowest BCUT2D eigenvalue weighted by Gasteiger charge is -2.17. The molecule has 0 spiro atoms. The zero-order valence-electron chi connectivity index (χ0n) is 30.8. The number of carbonyl (C=O) groups excluding carboxylic acids is 2. The number of aromatic carboxylic acids is 1. The van der Waals surface area contributed by atoms with Crippen molar-refractivity contribution in [3.8, 4) is 28.6 Å². The van der Waals surface area contributed by atoms with Crippen molar-refractivity contribution in [3.63, 3.8) is 0 Å². The Kier molecular flexibility index (Phi) is 12.4. The molecule has 0 aliphatic rings. The molecular formula is C42H36FN7O6. The number of carboxylic acid groups (broad SMARTS) is 1. The van der Waals surface area contributed by atoms with Crippen LogP contribution in [0.2, 0.25) is 0 Å². The van der Waals surface area contributed by atoms with E-state index in [2.05, 4.69) is 26.9 Å². The average molecular weight is 754 g/mol. The highest BCUT2D eigenvalue weighted by atomic mass is 19.1. The molecular weight excluding hydrogens is 718 g/mol. The van der Waals surface area contributed by atoms with Gasteiger partial charge in [0.15, 0.2) is 11.6 Å². The van der Waals surface area contributed by atoms with Crippen LogP contribution in [0, 0.1) is 17.1 Å². The monoisotopic (exact) mass is 753 g/mol. The predicted molar refractivity (Wildman–Crippen MR) is 210 cm³/mol. The summed E-state index contributed by atoms with van der Waals surface area (Å²) in [6.45, 7) is 6.82. The fourth-order valence-electron chi connectivity index (χ4n) is 5.84. The second kappa shape index (κ2) is 17.5. The van der Waals surface area contributed by atoms with Gasteiger partial charge >= 0.3 is 5.97 Å². The average Bonchev–Trinajstić information content (AvgIpc) is 3.19. The Balaban J connectivity index is 0.000000215. The van der Waals surface area contributed by atoms with Gasteiger partial charge in [0.2, 0.25) is 0 Å². The van der Waals surface area contributed by atoms with E-state index in [1.165, 1.54) is 18.5 Å². The Morgan fingerprint density at radius 1 is 0.714 bits per heavy atom. The number of aromatic nitrogens is 4. The van der Waals surface area contributed by atoms with Crippen molar-refractivity contribution < 1.29 is 23.9 Å². The second-order valence-corrected chi connectivity index (χ2v) is 12.2. The molecule has 0 aliphatic carbocycles. The molecule has 13 nitrogen and oxygen atoms in total. The largest absolute Gasteiger partial charge is 0.478 e. The normalized spacial score (nSPS) is 10.4. The number of nitriles is 1. The third-order valence-corrected chi connectivity index (χ3v) is 8.44. The Morgan fingerprint density at radius 3 is 1.66 bits per heavy atom. The Morgan fingerprint density at radius 2 is 1.21 bits per heavy atom. The first-order valence-corrected chi connectivity index (χ1v) is 17.4. The number of hydrogen-bond donors (Lipinski definition) is 3. The van der Waals surface area contributed by atoms with Gasteiger partial charge in [0, 0.05) is 29.9 Å². The number of carbonyl (C=O) groups is 3. The van der Waals surface area contributed by atoms with Crippen LogP contribution in [-0.4, -0.2) is 42.2 Å². The lowest BCUT2D eigenvalue weighted by Crippen LogP contribution is -2.28. The topological polar surface area (TPSA) is 189 Å². The van der Waals surface area contributed by atoms with Crippen molar-refractivity contribution in [1.29, 1.82) is 5.26 Å². The summed E-state index contributed by atoms with van der Waals surface area (Å²) in [5, 5.41) is 32.9. The minimum atomic E-state index is -1.30. The number of rotatable bonds is 11. The molecule has 0 saturated heterocycles. The number of Topliss-reactive ketones (excluding diaryl/α,β-unsaturated/α-hetero) is 2. The first kappa shape index (κ1) is 39.7. The summed E-state index contributed by atoms with van der Waals surface area (Å²) in [6, 6.07) is 30.0. The maximum atomic E-state index is 13.8. The fourth-order valence-corrected chi connectivity index (χ4v) is 5.84. The highest BCUT2D eigenvalue weighted by Gasteiger charge is 2.24. The molecule has 3 N–H and O–H groups in total. The van der Waals surface area contributed by atoms with Gasteiger partial charge in [0.25, 0.3) is 11.1 Å². The molecule has 0 saturated carbocycles.